The Bertz CT molecular complexity index is 1320. The van der Waals surface area contributed by atoms with Gasteiger partial charge < -0.3 is 4.74 Å². The molecule has 30 heavy (non-hydrogen) atoms. The molecule has 0 spiro atoms. The number of aromatic nitrogens is 1. The Labute approximate surface area is 182 Å². The lowest BCUT2D eigenvalue weighted by Crippen LogP contribution is -2.39. The molecular formula is C23H19ClN2O3S. The van der Waals surface area contributed by atoms with E-state index in [-0.39, 0.29) is 12.2 Å². The molecular weight excluding hydrogens is 420 g/mol. The maximum absolute atomic E-state index is 13.4. The number of hydrogen-bond donors (Lipinski definition) is 0. The van der Waals surface area contributed by atoms with E-state index in [0.29, 0.717) is 25.6 Å². The molecule has 0 N–H and O–H groups in total. The third-order valence-electron chi connectivity index (χ3n) is 4.78. The molecule has 4 rings (SSSR count). The minimum Gasteiger partial charge on any atom is -0.463 e. The summed E-state index contributed by atoms with van der Waals surface area (Å²) in [5.74, 6) is -0.485. The summed E-state index contributed by atoms with van der Waals surface area (Å²) in [5.41, 5.74) is 2.32. The summed E-state index contributed by atoms with van der Waals surface area (Å²) in [6.45, 7) is 3.74. The van der Waals surface area contributed by atoms with Crippen molar-refractivity contribution >= 4 is 35.0 Å². The molecule has 0 radical (unpaired) electrons. The van der Waals surface area contributed by atoms with Gasteiger partial charge in [0.25, 0.3) is 5.56 Å². The quantitative estimate of drug-likeness (QED) is 0.586. The van der Waals surface area contributed by atoms with Crippen LogP contribution in [0.1, 0.15) is 31.0 Å². The largest absolute Gasteiger partial charge is 0.463 e. The number of allylic oxidation sites excluding steroid dienone is 1. The first-order chi connectivity index (χ1) is 14.5. The van der Waals surface area contributed by atoms with E-state index in [1.807, 2.05) is 42.5 Å². The average Bonchev–Trinajstić information content (AvgIpc) is 3.02. The zero-order valence-corrected chi connectivity index (χ0v) is 18.0. The van der Waals surface area contributed by atoms with E-state index in [1.54, 1.807) is 36.6 Å². The van der Waals surface area contributed by atoms with E-state index in [4.69, 9.17) is 16.3 Å². The molecule has 3 aromatic rings. The van der Waals surface area contributed by atoms with Gasteiger partial charge in [-0.05, 0) is 43.2 Å². The molecule has 1 aromatic heterocycles. The minimum absolute atomic E-state index is 0.207. The van der Waals surface area contributed by atoms with Crippen molar-refractivity contribution in [3.8, 4) is 0 Å². The fraction of sp³-hybridized carbons (Fsp3) is 0.174. The molecule has 152 valence electrons. The maximum atomic E-state index is 13.4. The number of nitrogens with zero attached hydrogens (tertiary/aromatic N) is 2. The van der Waals surface area contributed by atoms with Crippen molar-refractivity contribution in [3.05, 3.63) is 102 Å². The Morgan fingerprint density at radius 3 is 2.70 bits per heavy atom. The Morgan fingerprint density at radius 1 is 1.23 bits per heavy atom. The van der Waals surface area contributed by atoms with Crippen LogP contribution in [0, 0.1) is 0 Å². The second-order valence-electron chi connectivity index (χ2n) is 6.77. The van der Waals surface area contributed by atoms with Crippen molar-refractivity contribution < 1.29 is 9.53 Å². The average molecular weight is 439 g/mol. The van der Waals surface area contributed by atoms with E-state index in [9.17, 15) is 9.59 Å². The van der Waals surface area contributed by atoms with Crippen LogP contribution < -0.4 is 14.9 Å². The van der Waals surface area contributed by atoms with Gasteiger partial charge in [0, 0.05) is 5.02 Å². The lowest BCUT2D eigenvalue weighted by atomic mass is 9.96. The van der Waals surface area contributed by atoms with Crippen LogP contribution in [0.4, 0.5) is 0 Å². The van der Waals surface area contributed by atoms with E-state index < -0.39 is 12.0 Å². The molecule has 5 nitrogen and oxygen atoms in total. The van der Waals surface area contributed by atoms with Crippen molar-refractivity contribution in [1.29, 1.82) is 0 Å². The molecule has 7 heteroatoms. The number of fused-ring (bicyclic) bond motifs is 1. The van der Waals surface area contributed by atoms with Gasteiger partial charge in [-0.25, -0.2) is 9.79 Å². The summed E-state index contributed by atoms with van der Waals surface area (Å²) in [6, 6.07) is 16.1. The highest BCUT2D eigenvalue weighted by Crippen LogP contribution is 2.31. The molecule has 1 unspecified atom stereocenters. The Hall–Kier alpha value is -2.96. The third-order valence-corrected chi connectivity index (χ3v) is 6.00. The highest BCUT2D eigenvalue weighted by atomic mass is 35.5. The number of esters is 1. The van der Waals surface area contributed by atoms with E-state index >= 15 is 0 Å². The number of hydrogen-bond acceptors (Lipinski definition) is 5. The van der Waals surface area contributed by atoms with Crippen LogP contribution in [0.2, 0.25) is 5.02 Å². The van der Waals surface area contributed by atoms with Crippen LogP contribution in [0.25, 0.3) is 6.08 Å². The molecule has 2 aromatic carbocycles. The Morgan fingerprint density at radius 2 is 2.00 bits per heavy atom. The van der Waals surface area contributed by atoms with Crippen molar-refractivity contribution in [1.82, 2.24) is 4.57 Å². The maximum Gasteiger partial charge on any atom is 0.338 e. The Kier molecular flexibility index (Phi) is 5.70. The number of ether oxygens (including phenoxy) is 1. The van der Waals surface area contributed by atoms with Crippen LogP contribution in [-0.2, 0) is 9.53 Å². The molecule has 0 saturated carbocycles. The topological polar surface area (TPSA) is 60.7 Å². The summed E-state index contributed by atoms with van der Waals surface area (Å²) in [5, 5.41) is 0.525. The molecule has 0 saturated heterocycles. The van der Waals surface area contributed by atoms with Gasteiger partial charge >= 0.3 is 5.97 Å². The molecule has 1 aliphatic heterocycles. The molecule has 0 aliphatic carbocycles. The van der Waals surface area contributed by atoms with Gasteiger partial charge in [-0.15, -0.1) is 0 Å². The summed E-state index contributed by atoms with van der Waals surface area (Å²) >= 11 is 7.52. The predicted molar refractivity (Wildman–Crippen MR) is 118 cm³/mol. The molecule has 0 amide bonds. The van der Waals surface area contributed by atoms with Crippen LogP contribution in [0.5, 0.6) is 0 Å². The summed E-state index contributed by atoms with van der Waals surface area (Å²) in [4.78, 5) is 31.3. The highest BCUT2D eigenvalue weighted by molar-refractivity contribution is 7.07. The number of benzene rings is 2. The first-order valence-corrected chi connectivity index (χ1v) is 10.7. The number of thiazole rings is 1. The molecule has 0 bridgehead atoms. The number of halogens is 1. The predicted octanol–water partition coefficient (Wildman–Crippen LogP) is 3.45. The fourth-order valence-corrected chi connectivity index (χ4v) is 4.73. The first kappa shape index (κ1) is 20.3. The van der Waals surface area contributed by atoms with Gasteiger partial charge in [0.15, 0.2) is 4.80 Å². The second kappa shape index (κ2) is 8.42. The van der Waals surface area contributed by atoms with E-state index in [1.165, 1.54) is 11.3 Å². The van der Waals surface area contributed by atoms with Crippen LogP contribution in [-0.4, -0.2) is 17.1 Å². The zero-order chi connectivity index (χ0) is 21.3. The Balaban J connectivity index is 1.98. The van der Waals surface area contributed by atoms with E-state index in [2.05, 4.69) is 4.99 Å². The van der Waals surface area contributed by atoms with Crippen molar-refractivity contribution in [2.24, 2.45) is 4.99 Å². The molecule has 2 heterocycles. The highest BCUT2D eigenvalue weighted by Gasteiger charge is 2.33. The SMILES string of the molecule is CCOC(=O)C1=C(C)N=c2s/c(=C/c3ccccc3)c(=O)n2C1c1cccc(Cl)c1. The second-order valence-corrected chi connectivity index (χ2v) is 8.21. The monoisotopic (exact) mass is 438 g/mol. The van der Waals surface area contributed by atoms with Crippen molar-refractivity contribution in [2.45, 2.75) is 19.9 Å². The van der Waals surface area contributed by atoms with Gasteiger partial charge in [-0.2, -0.15) is 0 Å². The number of carbonyl (C=O) groups is 1. The van der Waals surface area contributed by atoms with Crippen LogP contribution in [0.3, 0.4) is 0 Å². The first-order valence-electron chi connectivity index (χ1n) is 9.49. The number of rotatable bonds is 4. The van der Waals surface area contributed by atoms with Crippen molar-refractivity contribution in [2.75, 3.05) is 6.61 Å². The van der Waals surface area contributed by atoms with Gasteiger partial charge in [0.1, 0.15) is 0 Å². The lowest BCUT2D eigenvalue weighted by Gasteiger charge is -2.24. The lowest BCUT2D eigenvalue weighted by molar-refractivity contribution is -0.139. The van der Waals surface area contributed by atoms with Gasteiger partial charge in [-0.1, -0.05) is 65.4 Å². The standard InChI is InChI=1S/C23H19ClN2O3S/c1-3-29-22(28)19-14(2)25-23-26(20(19)16-10-7-11-17(24)13-16)21(27)18(30-23)12-15-8-5-4-6-9-15/h4-13,20H,3H2,1-2H3/b18-12+. The van der Waals surface area contributed by atoms with Crippen LogP contribution in [0.15, 0.2) is 75.7 Å². The van der Waals surface area contributed by atoms with Gasteiger partial charge in [0.2, 0.25) is 0 Å². The normalized spacial score (nSPS) is 16.2. The summed E-state index contributed by atoms with van der Waals surface area (Å²) in [6.07, 6.45) is 1.84. The number of carbonyl (C=O) groups excluding carboxylic acids is 1. The van der Waals surface area contributed by atoms with Gasteiger partial charge in [0.05, 0.1) is 28.5 Å². The minimum atomic E-state index is -0.656. The fourth-order valence-electron chi connectivity index (χ4n) is 3.48. The van der Waals surface area contributed by atoms with Crippen LogP contribution >= 0.6 is 22.9 Å². The molecule has 0 fully saturated rings. The third kappa shape index (κ3) is 3.76. The van der Waals surface area contributed by atoms with Crippen molar-refractivity contribution in [3.63, 3.8) is 0 Å². The smallest absolute Gasteiger partial charge is 0.338 e. The zero-order valence-electron chi connectivity index (χ0n) is 16.5. The molecule has 1 aliphatic rings. The van der Waals surface area contributed by atoms with E-state index in [0.717, 1.165) is 11.1 Å². The summed E-state index contributed by atoms with van der Waals surface area (Å²) < 4.78 is 7.39. The van der Waals surface area contributed by atoms with Gasteiger partial charge in [-0.3, -0.25) is 9.36 Å². The molecule has 1 atom stereocenters. The summed E-state index contributed by atoms with van der Waals surface area (Å²) in [7, 11) is 0.